The van der Waals surface area contributed by atoms with Gasteiger partial charge in [-0.3, -0.25) is 9.89 Å². The van der Waals surface area contributed by atoms with Crippen LogP contribution in [-0.4, -0.2) is 37.2 Å². The van der Waals surface area contributed by atoms with Crippen molar-refractivity contribution in [3.63, 3.8) is 0 Å². The summed E-state index contributed by atoms with van der Waals surface area (Å²) in [5.41, 5.74) is 10.1. The van der Waals surface area contributed by atoms with Gasteiger partial charge in [-0.05, 0) is 24.8 Å². The molecule has 2 aromatic heterocycles. The number of ether oxygens (including phenoxy) is 1. The number of anilines is 1. The monoisotopic (exact) mass is 428 g/mol. The Bertz CT molecular complexity index is 1290. The second kappa shape index (κ2) is 7.37. The molecule has 0 saturated heterocycles. The fraction of sp³-hybridized carbons (Fsp3) is 0.261. The lowest BCUT2D eigenvalue weighted by molar-refractivity contribution is -0.118. The molecule has 1 aliphatic carbocycles. The van der Waals surface area contributed by atoms with Crippen LogP contribution in [0.4, 0.5) is 5.69 Å². The highest BCUT2D eigenvalue weighted by molar-refractivity contribution is 5.90. The van der Waals surface area contributed by atoms with Crippen LogP contribution >= 0.6 is 0 Å². The Labute approximate surface area is 184 Å². The number of benzene rings is 2. The SMILES string of the molecule is NC(=O)C[C@@H]1C[C]1Nc1cc2c3c(c1)nc(-c1ccc(-c4nc[nH]n4)cc1)n3CCCO2. The predicted molar refractivity (Wildman–Crippen MR) is 119 cm³/mol. The standard InChI is InChI=1S/C23H22N7O2/c24-20(31)9-15-8-17(15)27-16-10-18-21-19(11-16)32-7-1-6-30(21)23(28-18)14-4-2-13(3-5-14)22-25-12-26-29-22/h2-5,10-12,15,27H,1,6-9H2,(H2,24,31)(H,25,26,29)/t15-/m0/s1. The molecule has 4 aromatic rings. The highest BCUT2D eigenvalue weighted by atomic mass is 16.5. The lowest BCUT2D eigenvalue weighted by Gasteiger charge is -2.10. The quantitative estimate of drug-likeness (QED) is 0.434. The van der Waals surface area contributed by atoms with Crippen molar-refractivity contribution in [2.75, 3.05) is 11.9 Å². The Balaban J connectivity index is 1.35. The van der Waals surface area contributed by atoms with E-state index in [1.165, 1.54) is 0 Å². The van der Waals surface area contributed by atoms with Crippen molar-refractivity contribution in [3.05, 3.63) is 48.8 Å². The molecule has 0 bridgehead atoms. The molecule has 32 heavy (non-hydrogen) atoms. The van der Waals surface area contributed by atoms with Crippen LogP contribution in [0.2, 0.25) is 0 Å². The molecular formula is C23H22N7O2. The summed E-state index contributed by atoms with van der Waals surface area (Å²) in [5, 5.41) is 10.3. The van der Waals surface area contributed by atoms with Crippen molar-refractivity contribution in [2.45, 2.75) is 25.8 Å². The summed E-state index contributed by atoms with van der Waals surface area (Å²) in [7, 11) is 0. The summed E-state index contributed by atoms with van der Waals surface area (Å²) >= 11 is 0. The fourth-order valence-corrected chi connectivity index (χ4v) is 4.35. The maximum absolute atomic E-state index is 11.2. The van der Waals surface area contributed by atoms with Gasteiger partial charge in [0, 0.05) is 35.8 Å². The minimum absolute atomic E-state index is 0.221. The first kappa shape index (κ1) is 18.9. The number of nitrogens with zero attached hydrogens (tertiary/aromatic N) is 4. The Morgan fingerprint density at radius 1 is 1.25 bits per heavy atom. The zero-order valence-corrected chi connectivity index (χ0v) is 17.3. The zero-order chi connectivity index (χ0) is 21.7. The topological polar surface area (TPSA) is 124 Å². The number of aryl methyl sites for hydroxylation is 1. The van der Waals surface area contributed by atoms with Gasteiger partial charge in [-0.15, -0.1) is 0 Å². The molecule has 2 aliphatic rings. The van der Waals surface area contributed by atoms with E-state index in [4.69, 9.17) is 15.5 Å². The molecule has 1 saturated carbocycles. The van der Waals surface area contributed by atoms with Gasteiger partial charge in [0.1, 0.15) is 23.4 Å². The molecule has 161 valence electrons. The van der Waals surface area contributed by atoms with Crippen molar-refractivity contribution >= 4 is 22.6 Å². The first-order valence-corrected chi connectivity index (χ1v) is 10.7. The van der Waals surface area contributed by atoms with Crippen LogP contribution in [0.1, 0.15) is 19.3 Å². The van der Waals surface area contributed by atoms with Gasteiger partial charge in [-0.2, -0.15) is 5.10 Å². The molecule has 9 heteroatoms. The third-order valence-electron chi connectivity index (χ3n) is 5.96. The lowest BCUT2D eigenvalue weighted by Crippen LogP contribution is -2.12. The molecule has 2 aromatic carbocycles. The van der Waals surface area contributed by atoms with Crippen molar-refractivity contribution < 1.29 is 9.53 Å². The van der Waals surface area contributed by atoms with Crippen molar-refractivity contribution in [1.82, 2.24) is 24.7 Å². The summed E-state index contributed by atoms with van der Waals surface area (Å²) < 4.78 is 8.31. The number of carbonyl (C=O) groups excluding carboxylic acids is 1. The van der Waals surface area contributed by atoms with Crippen LogP contribution < -0.4 is 15.8 Å². The maximum Gasteiger partial charge on any atom is 0.217 e. The van der Waals surface area contributed by atoms with Gasteiger partial charge in [0.2, 0.25) is 5.91 Å². The largest absolute Gasteiger partial charge is 0.491 e. The molecule has 0 spiro atoms. The van der Waals surface area contributed by atoms with E-state index >= 15 is 0 Å². The zero-order valence-electron chi connectivity index (χ0n) is 17.3. The summed E-state index contributed by atoms with van der Waals surface area (Å²) in [6, 6.07) is 13.3. The van der Waals surface area contributed by atoms with E-state index < -0.39 is 0 Å². The van der Waals surface area contributed by atoms with E-state index in [0.717, 1.165) is 64.8 Å². The van der Waals surface area contributed by atoms with Gasteiger partial charge < -0.3 is 20.4 Å². The van der Waals surface area contributed by atoms with Gasteiger partial charge in [-0.25, -0.2) is 9.97 Å². The third-order valence-corrected chi connectivity index (χ3v) is 5.96. The van der Waals surface area contributed by atoms with Crippen molar-refractivity contribution in [2.24, 2.45) is 11.7 Å². The average Bonchev–Trinajstić information content (AvgIpc) is 3.18. The van der Waals surface area contributed by atoms with E-state index in [-0.39, 0.29) is 11.8 Å². The van der Waals surface area contributed by atoms with Crippen LogP contribution in [0.15, 0.2) is 42.7 Å². The molecule has 1 amide bonds. The molecule has 4 N–H and O–H groups in total. The van der Waals surface area contributed by atoms with Gasteiger partial charge in [0.05, 0.1) is 18.2 Å². The molecular weight excluding hydrogens is 406 g/mol. The van der Waals surface area contributed by atoms with Gasteiger partial charge in [-0.1, -0.05) is 24.3 Å². The first-order valence-electron chi connectivity index (χ1n) is 10.7. The number of aromatic amines is 1. The van der Waals surface area contributed by atoms with Crippen LogP contribution in [-0.2, 0) is 11.3 Å². The van der Waals surface area contributed by atoms with Crippen LogP contribution in [0.3, 0.4) is 0 Å². The molecule has 6 rings (SSSR count). The Morgan fingerprint density at radius 2 is 2.09 bits per heavy atom. The van der Waals surface area contributed by atoms with Crippen LogP contribution in [0.25, 0.3) is 33.8 Å². The minimum atomic E-state index is -0.269. The number of rotatable bonds is 6. The van der Waals surface area contributed by atoms with E-state index in [2.05, 4.69) is 37.2 Å². The number of primary amides is 1. The average molecular weight is 428 g/mol. The van der Waals surface area contributed by atoms with Crippen LogP contribution in [0.5, 0.6) is 5.75 Å². The number of carbonyl (C=O) groups is 1. The molecule has 0 unspecified atom stereocenters. The maximum atomic E-state index is 11.2. The second-order valence-corrected chi connectivity index (χ2v) is 8.25. The predicted octanol–water partition coefficient (Wildman–Crippen LogP) is 3.11. The number of hydrogen-bond donors (Lipinski definition) is 3. The number of aromatic nitrogens is 5. The van der Waals surface area contributed by atoms with E-state index in [1.807, 2.05) is 24.3 Å². The molecule has 3 heterocycles. The highest BCUT2D eigenvalue weighted by Crippen LogP contribution is 2.45. The lowest BCUT2D eigenvalue weighted by atomic mass is 10.1. The first-order chi connectivity index (χ1) is 15.7. The van der Waals surface area contributed by atoms with Gasteiger partial charge in [0.25, 0.3) is 0 Å². The van der Waals surface area contributed by atoms with E-state index in [0.29, 0.717) is 18.9 Å². The minimum Gasteiger partial charge on any atom is -0.491 e. The summed E-state index contributed by atoms with van der Waals surface area (Å²) in [5.74, 6) is 2.36. The third kappa shape index (κ3) is 3.35. The number of hydrogen-bond acceptors (Lipinski definition) is 6. The molecule has 1 fully saturated rings. The van der Waals surface area contributed by atoms with Gasteiger partial charge >= 0.3 is 0 Å². The number of imidazole rings is 1. The Kier molecular flexibility index (Phi) is 4.34. The van der Waals surface area contributed by atoms with Gasteiger partial charge in [0.15, 0.2) is 5.82 Å². The Morgan fingerprint density at radius 3 is 2.88 bits per heavy atom. The summed E-state index contributed by atoms with van der Waals surface area (Å²) in [6.45, 7) is 1.50. The van der Waals surface area contributed by atoms with E-state index in [1.54, 1.807) is 6.33 Å². The molecule has 1 aliphatic heterocycles. The summed E-state index contributed by atoms with van der Waals surface area (Å²) in [6.07, 6.45) is 3.73. The molecule has 1 radical (unpaired) electrons. The number of nitrogens with one attached hydrogen (secondary N) is 2. The van der Waals surface area contributed by atoms with E-state index in [9.17, 15) is 4.79 Å². The Hall–Kier alpha value is -3.88. The van der Waals surface area contributed by atoms with Crippen molar-refractivity contribution in [1.29, 1.82) is 0 Å². The smallest absolute Gasteiger partial charge is 0.217 e. The van der Waals surface area contributed by atoms with Crippen molar-refractivity contribution in [3.8, 4) is 28.5 Å². The molecule has 1 atom stereocenters. The number of amides is 1. The van der Waals surface area contributed by atoms with Crippen LogP contribution in [0, 0.1) is 12.0 Å². The second-order valence-electron chi connectivity index (χ2n) is 8.25. The number of H-pyrrole nitrogens is 1. The molecule has 9 nitrogen and oxygen atoms in total. The number of nitrogens with two attached hydrogens (primary N) is 1. The normalized spacial score (nSPS) is 17.7. The fourth-order valence-electron chi connectivity index (χ4n) is 4.35. The summed E-state index contributed by atoms with van der Waals surface area (Å²) in [4.78, 5) is 20.3. The highest BCUT2D eigenvalue weighted by Gasteiger charge is 2.39.